The van der Waals surface area contributed by atoms with Crippen molar-refractivity contribution in [2.24, 2.45) is 0 Å². The molecular formula is C23H31ClFN6O11P3. The summed E-state index contributed by atoms with van der Waals surface area (Å²) in [7, 11) is -8.78. The Kier molecular flexibility index (Phi) is 12.4. The van der Waals surface area contributed by atoms with Crippen LogP contribution < -0.4 is 15.3 Å². The van der Waals surface area contributed by atoms with Gasteiger partial charge in [0.1, 0.15) is 29.5 Å². The molecule has 1 aliphatic rings. The highest BCUT2D eigenvalue weighted by molar-refractivity contribution is 7.64. The molecule has 17 nitrogen and oxygen atoms in total. The van der Waals surface area contributed by atoms with Crippen LogP contribution in [0.3, 0.4) is 0 Å². The molecule has 22 heteroatoms. The molecule has 1 fully saturated rings. The van der Waals surface area contributed by atoms with E-state index in [1.165, 1.54) is 37.1 Å². The van der Waals surface area contributed by atoms with Gasteiger partial charge in [0, 0.05) is 7.11 Å². The summed E-state index contributed by atoms with van der Waals surface area (Å²) in [5.41, 5.74) is 6.05. The van der Waals surface area contributed by atoms with Crippen LogP contribution in [-0.4, -0.2) is 79.7 Å². The van der Waals surface area contributed by atoms with Gasteiger partial charge in [0.25, 0.3) is 0 Å². The van der Waals surface area contributed by atoms with Crippen LogP contribution in [0, 0.1) is 0 Å². The van der Waals surface area contributed by atoms with Crippen molar-refractivity contribution in [3.63, 3.8) is 0 Å². The first kappa shape index (κ1) is 35.7. The van der Waals surface area contributed by atoms with E-state index in [1.54, 1.807) is 32.0 Å². The second kappa shape index (κ2) is 15.6. The highest BCUT2D eigenvalue weighted by Crippen LogP contribution is 2.61. The Bertz CT molecular complexity index is 1500. The topological polar surface area (TPSA) is 221 Å². The summed E-state index contributed by atoms with van der Waals surface area (Å²) in [4.78, 5) is 34.7. The quantitative estimate of drug-likeness (QED) is 0.0995. The molecule has 45 heavy (non-hydrogen) atoms. The number of carbonyl (C=O) groups is 1. The van der Waals surface area contributed by atoms with Gasteiger partial charge in [-0.2, -0.15) is 15.1 Å². The third-order valence-electron chi connectivity index (χ3n) is 5.82. The molecule has 0 radical (unpaired) electrons. The number of imidazole rings is 1. The number of benzene rings is 1. The summed E-state index contributed by atoms with van der Waals surface area (Å²) in [6.45, 7) is 4.17. The number of hydrogen-bond donors (Lipinski definition) is 4. The molecule has 0 spiro atoms. The molecule has 1 aromatic carbocycles. The Morgan fingerprint density at radius 1 is 1.29 bits per heavy atom. The number of para-hydroxylation sites is 1. The highest BCUT2D eigenvalue weighted by atomic mass is 35.5. The van der Waals surface area contributed by atoms with E-state index in [0.29, 0.717) is 0 Å². The number of fused-ring (bicyclic) bond motifs is 1. The van der Waals surface area contributed by atoms with Crippen LogP contribution in [0.15, 0.2) is 36.7 Å². The van der Waals surface area contributed by atoms with Crippen LogP contribution in [0.25, 0.3) is 11.2 Å². The van der Waals surface area contributed by atoms with Crippen molar-refractivity contribution in [3.8, 4) is 5.75 Å². The Labute approximate surface area is 264 Å². The molecule has 248 valence electrons. The highest BCUT2D eigenvalue weighted by Gasteiger charge is 2.46. The van der Waals surface area contributed by atoms with Crippen molar-refractivity contribution in [1.29, 1.82) is 0 Å². The largest absolute Gasteiger partial charge is 0.466 e. The van der Waals surface area contributed by atoms with Gasteiger partial charge in [-0.3, -0.25) is 9.36 Å². The predicted octanol–water partition coefficient (Wildman–Crippen LogP) is 3.92. The standard InChI is InChI=1S/C23H31ClFN6O11P3/c1-12(2)38-22(33)13(3)30-45(35,40-14-8-6-5-7-9-14)42-43(34)41-44(36-4)37-10-15-18(32)16(25)21(39-15)31-11-27-17-19(26)28-23(24)29-20(17)31/h5-9,11-13,15-16,18,21,32,34H,10H2,1-4H3,(H,30,35)(H2,26,28,29). The van der Waals surface area contributed by atoms with E-state index in [1.807, 2.05) is 0 Å². The first-order chi connectivity index (χ1) is 21.3. The minimum absolute atomic E-state index is 0.0259. The summed E-state index contributed by atoms with van der Waals surface area (Å²) in [5.74, 6) is -0.684. The number of rotatable bonds is 15. The number of esters is 1. The number of aromatic nitrogens is 4. The summed E-state index contributed by atoms with van der Waals surface area (Å²) in [6.07, 6.45) is -5.47. The van der Waals surface area contributed by atoms with Crippen molar-refractivity contribution in [1.82, 2.24) is 24.6 Å². The number of hydrogen-bond acceptors (Lipinski definition) is 15. The number of alkyl halides is 1. The van der Waals surface area contributed by atoms with Crippen molar-refractivity contribution in [2.45, 2.75) is 57.5 Å². The van der Waals surface area contributed by atoms with Gasteiger partial charge in [0.15, 0.2) is 23.9 Å². The molecule has 0 amide bonds. The molecule has 5 N–H and O–H groups in total. The van der Waals surface area contributed by atoms with E-state index in [4.69, 9.17) is 49.0 Å². The lowest BCUT2D eigenvalue weighted by molar-refractivity contribution is -0.149. The van der Waals surface area contributed by atoms with E-state index < -0.39 is 74.3 Å². The average Bonchev–Trinajstić information content (AvgIpc) is 3.51. The molecular weight excluding hydrogens is 684 g/mol. The van der Waals surface area contributed by atoms with Gasteiger partial charge >= 0.3 is 30.9 Å². The number of nitrogens with two attached hydrogens (primary N) is 1. The molecule has 1 saturated heterocycles. The lowest BCUT2D eigenvalue weighted by atomic mass is 10.1. The van der Waals surface area contributed by atoms with Crippen LogP contribution in [0.5, 0.6) is 5.75 Å². The van der Waals surface area contributed by atoms with Crippen LogP contribution in [0.2, 0.25) is 5.28 Å². The maximum Gasteiger partial charge on any atom is 0.466 e. The molecule has 0 aliphatic carbocycles. The predicted molar refractivity (Wildman–Crippen MR) is 159 cm³/mol. The monoisotopic (exact) mass is 714 g/mol. The summed E-state index contributed by atoms with van der Waals surface area (Å²) in [6, 6.07) is 6.66. The lowest BCUT2D eigenvalue weighted by Crippen LogP contribution is -2.36. The molecule has 8 atom stereocenters. The summed E-state index contributed by atoms with van der Waals surface area (Å²) < 4.78 is 67.3. The SMILES string of the molecule is COP(OCC1OC(n2cnc3c(N)nc(Cl)nc32)C(F)C1O)OP(O)OP(=O)(NC(C)C(=O)OC(C)C)Oc1ccccc1. The van der Waals surface area contributed by atoms with E-state index in [2.05, 4.69) is 20.0 Å². The smallest absolute Gasteiger partial charge is 0.462 e. The number of aliphatic hydroxyl groups excluding tert-OH is 1. The van der Waals surface area contributed by atoms with Gasteiger partial charge in [-0.05, 0) is 44.5 Å². The fraction of sp³-hybridized carbons (Fsp3) is 0.478. The second-order valence-corrected chi connectivity index (χ2v) is 14.2. The number of ether oxygens (including phenoxy) is 2. The third kappa shape index (κ3) is 9.22. The molecule has 8 unspecified atom stereocenters. The normalized spacial score (nSPS) is 23.5. The van der Waals surface area contributed by atoms with Crippen LogP contribution in [0.1, 0.15) is 27.0 Å². The van der Waals surface area contributed by atoms with Crippen molar-refractivity contribution < 1.29 is 55.4 Å². The Morgan fingerprint density at radius 2 is 2.00 bits per heavy atom. The average molecular weight is 715 g/mol. The van der Waals surface area contributed by atoms with Crippen LogP contribution in [-0.2, 0) is 36.5 Å². The maximum atomic E-state index is 15.2. The van der Waals surface area contributed by atoms with Gasteiger partial charge < -0.3 is 38.8 Å². The molecule has 3 heterocycles. The minimum Gasteiger partial charge on any atom is -0.462 e. The van der Waals surface area contributed by atoms with Gasteiger partial charge in [-0.1, -0.05) is 18.2 Å². The van der Waals surface area contributed by atoms with Crippen LogP contribution >= 0.6 is 36.6 Å². The minimum atomic E-state index is -4.49. The van der Waals surface area contributed by atoms with Gasteiger partial charge in [0.2, 0.25) is 5.28 Å². The number of nitrogens with one attached hydrogen (secondary N) is 1. The van der Waals surface area contributed by atoms with Crippen LogP contribution in [0.4, 0.5) is 10.2 Å². The zero-order chi connectivity index (χ0) is 32.9. The second-order valence-electron chi connectivity index (χ2n) is 9.54. The number of nitrogens with zero attached hydrogens (tertiary/aromatic N) is 4. The fourth-order valence-electron chi connectivity index (χ4n) is 3.88. The zero-order valence-electron chi connectivity index (χ0n) is 24.2. The molecule has 0 saturated carbocycles. The van der Waals surface area contributed by atoms with Gasteiger partial charge in [0.05, 0.1) is 19.0 Å². The van der Waals surface area contributed by atoms with Crippen molar-refractivity contribution in [2.75, 3.05) is 19.5 Å². The number of carbonyl (C=O) groups excluding carboxylic acids is 1. The third-order valence-corrected chi connectivity index (χ3v) is 10.3. The molecule has 2 aromatic heterocycles. The Morgan fingerprint density at radius 3 is 2.67 bits per heavy atom. The van der Waals surface area contributed by atoms with E-state index in [0.717, 1.165) is 0 Å². The van der Waals surface area contributed by atoms with E-state index >= 15 is 4.39 Å². The Hall–Kier alpha value is -2.17. The first-order valence-corrected chi connectivity index (χ1v) is 17.2. The van der Waals surface area contributed by atoms with Crippen molar-refractivity contribution >= 4 is 59.5 Å². The zero-order valence-corrected chi connectivity index (χ0v) is 27.6. The van der Waals surface area contributed by atoms with Crippen molar-refractivity contribution in [3.05, 3.63) is 41.9 Å². The molecule has 3 aromatic rings. The van der Waals surface area contributed by atoms with E-state index in [9.17, 15) is 19.4 Å². The van der Waals surface area contributed by atoms with E-state index in [-0.39, 0.29) is 28.0 Å². The lowest BCUT2D eigenvalue weighted by Gasteiger charge is -2.25. The first-order valence-electron chi connectivity index (χ1n) is 13.1. The molecule has 4 rings (SSSR count). The molecule has 0 bridgehead atoms. The summed E-state index contributed by atoms with van der Waals surface area (Å²) >= 11 is 5.88. The number of aliphatic hydroxyl groups is 1. The van der Waals surface area contributed by atoms with Gasteiger partial charge in [-0.15, -0.1) is 0 Å². The maximum absolute atomic E-state index is 15.2. The molecule has 1 aliphatic heterocycles. The fourth-order valence-corrected chi connectivity index (χ4v) is 7.81. The number of halogens is 2. The van der Waals surface area contributed by atoms with Gasteiger partial charge in [-0.25, -0.2) is 22.6 Å². The number of nitrogen functional groups attached to an aromatic ring is 1. The summed E-state index contributed by atoms with van der Waals surface area (Å²) in [5, 5.41) is 12.7. The Balaban J connectivity index is 1.39. The number of anilines is 1.